The van der Waals surface area contributed by atoms with Crippen LogP contribution in [0, 0.1) is 6.92 Å². The maximum absolute atomic E-state index is 11.9. The minimum Gasteiger partial charge on any atom is -0.327 e. The van der Waals surface area contributed by atoms with Gasteiger partial charge >= 0.3 is 0 Å². The van der Waals surface area contributed by atoms with Crippen LogP contribution in [0.15, 0.2) is 24.3 Å². The van der Waals surface area contributed by atoms with E-state index in [1.165, 1.54) is 0 Å². The van der Waals surface area contributed by atoms with Crippen LogP contribution in [0.2, 0.25) is 0 Å². The van der Waals surface area contributed by atoms with Crippen LogP contribution in [-0.2, 0) is 4.79 Å². The molecule has 1 atom stereocenters. The quantitative estimate of drug-likeness (QED) is 0.759. The van der Waals surface area contributed by atoms with Crippen molar-refractivity contribution < 1.29 is 4.79 Å². The number of carbonyl (C=O) groups is 1. The van der Waals surface area contributed by atoms with Gasteiger partial charge in [-0.15, -0.1) is 0 Å². The highest BCUT2D eigenvalue weighted by atomic mass is 16.1. The summed E-state index contributed by atoms with van der Waals surface area (Å²) in [6.07, 6.45) is 2.16. The lowest BCUT2D eigenvalue weighted by molar-refractivity contribution is -0.116. The van der Waals surface area contributed by atoms with Gasteiger partial charge in [0.15, 0.2) is 5.82 Å². The van der Waals surface area contributed by atoms with E-state index in [1.807, 2.05) is 31.2 Å². The van der Waals surface area contributed by atoms with E-state index in [2.05, 4.69) is 27.4 Å². The summed E-state index contributed by atoms with van der Waals surface area (Å²) in [7, 11) is 0. The van der Waals surface area contributed by atoms with Crippen LogP contribution in [0.5, 0.6) is 0 Å². The van der Waals surface area contributed by atoms with Gasteiger partial charge in [-0.1, -0.05) is 25.5 Å². The molecule has 21 heavy (non-hydrogen) atoms. The molecule has 1 amide bonds. The van der Waals surface area contributed by atoms with E-state index in [0.29, 0.717) is 12.2 Å². The number of anilines is 1. The second-order valence-corrected chi connectivity index (χ2v) is 5.13. The molecule has 6 heteroatoms. The summed E-state index contributed by atoms with van der Waals surface area (Å²) < 4.78 is 0. The lowest BCUT2D eigenvalue weighted by Crippen LogP contribution is -2.26. The average Bonchev–Trinajstić information content (AvgIpc) is 2.86. The van der Waals surface area contributed by atoms with Crippen molar-refractivity contribution in [2.75, 3.05) is 5.32 Å². The van der Waals surface area contributed by atoms with Crippen LogP contribution in [0.3, 0.4) is 0 Å². The number of aryl methyl sites for hydroxylation is 1. The molecule has 0 saturated heterocycles. The standard InChI is InChI=1S/C15H21N5O/c1-3-5-12(16)9-14(21)18-13-7-4-6-11(8-13)15-17-10(2)19-20-15/h4,6-8,12H,3,5,9,16H2,1-2H3,(H,18,21)(H,17,19,20). The lowest BCUT2D eigenvalue weighted by Gasteiger charge is -2.11. The first kappa shape index (κ1) is 15.2. The molecule has 2 aromatic rings. The fourth-order valence-corrected chi connectivity index (χ4v) is 2.13. The maximum Gasteiger partial charge on any atom is 0.225 e. The van der Waals surface area contributed by atoms with Crippen molar-refractivity contribution in [2.45, 2.75) is 39.2 Å². The number of hydrogen-bond acceptors (Lipinski definition) is 4. The van der Waals surface area contributed by atoms with E-state index in [-0.39, 0.29) is 11.9 Å². The van der Waals surface area contributed by atoms with Gasteiger partial charge in [0.1, 0.15) is 5.82 Å². The number of carbonyl (C=O) groups excluding carboxylic acids is 1. The number of benzene rings is 1. The van der Waals surface area contributed by atoms with Gasteiger partial charge in [-0.2, -0.15) is 5.10 Å². The fraction of sp³-hybridized carbons (Fsp3) is 0.400. The normalized spacial score (nSPS) is 12.1. The van der Waals surface area contributed by atoms with Gasteiger partial charge in [-0.05, 0) is 25.5 Å². The van der Waals surface area contributed by atoms with Gasteiger partial charge in [-0.3, -0.25) is 9.89 Å². The molecule has 0 saturated carbocycles. The van der Waals surface area contributed by atoms with E-state index in [0.717, 1.165) is 29.9 Å². The number of amides is 1. The number of aromatic amines is 1. The topological polar surface area (TPSA) is 96.7 Å². The summed E-state index contributed by atoms with van der Waals surface area (Å²) in [4.78, 5) is 16.2. The zero-order chi connectivity index (χ0) is 15.2. The Bertz CT molecular complexity index is 608. The summed E-state index contributed by atoms with van der Waals surface area (Å²) in [5.74, 6) is 1.30. The van der Waals surface area contributed by atoms with E-state index in [9.17, 15) is 4.79 Å². The molecule has 6 nitrogen and oxygen atoms in total. The third kappa shape index (κ3) is 4.39. The predicted octanol–water partition coefficient (Wildman–Crippen LogP) is 2.24. The van der Waals surface area contributed by atoms with E-state index in [4.69, 9.17) is 5.73 Å². The Morgan fingerprint density at radius 3 is 2.95 bits per heavy atom. The second-order valence-electron chi connectivity index (χ2n) is 5.13. The molecule has 0 fully saturated rings. The van der Waals surface area contributed by atoms with Gasteiger partial charge in [0.25, 0.3) is 0 Å². The van der Waals surface area contributed by atoms with Crippen molar-refractivity contribution in [1.29, 1.82) is 0 Å². The van der Waals surface area contributed by atoms with Crippen molar-refractivity contribution in [2.24, 2.45) is 5.73 Å². The Hall–Kier alpha value is -2.21. The molecule has 1 unspecified atom stereocenters. The summed E-state index contributed by atoms with van der Waals surface area (Å²) in [6.45, 7) is 3.90. The number of H-pyrrole nitrogens is 1. The SMILES string of the molecule is CCCC(N)CC(=O)Nc1cccc(-c2n[nH]c(C)n2)c1. The number of nitrogens with zero attached hydrogens (tertiary/aromatic N) is 2. The largest absolute Gasteiger partial charge is 0.327 e. The molecule has 1 heterocycles. The van der Waals surface area contributed by atoms with Crippen LogP contribution in [0.1, 0.15) is 32.0 Å². The van der Waals surface area contributed by atoms with Gasteiger partial charge in [0, 0.05) is 23.7 Å². The van der Waals surface area contributed by atoms with Gasteiger partial charge in [-0.25, -0.2) is 4.98 Å². The average molecular weight is 287 g/mol. The molecule has 2 rings (SSSR count). The highest BCUT2D eigenvalue weighted by Crippen LogP contribution is 2.19. The Morgan fingerprint density at radius 2 is 2.29 bits per heavy atom. The summed E-state index contributed by atoms with van der Waals surface area (Å²) in [5.41, 5.74) is 7.46. The molecule has 0 aliphatic heterocycles. The first-order valence-corrected chi connectivity index (χ1v) is 7.13. The van der Waals surface area contributed by atoms with Crippen molar-refractivity contribution in [3.05, 3.63) is 30.1 Å². The Morgan fingerprint density at radius 1 is 1.48 bits per heavy atom. The minimum absolute atomic E-state index is 0.0701. The molecule has 1 aromatic heterocycles. The highest BCUT2D eigenvalue weighted by molar-refractivity contribution is 5.91. The maximum atomic E-state index is 11.9. The molecule has 0 aliphatic carbocycles. The molecule has 0 spiro atoms. The summed E-state index contributed by atoms with van der Waals surface area (Å²) in [5, 5.41) is 9.78. The van der Waals surface area contributed by atoms with Crippen molar-refractivity contribution in [3.63, 3.8) is 0 Å². The summed E-state index contributed by atoms with van der Waals surface area (Å²) >= 11 is 0. The van der Waals surface area contributed by atoms with Crippen LogP contribution in [0.4, 0.5) is 5.69 Å². The number of nitrogens with one attached hydrogen (secondary N) is 2. The lowest BCUT2D eigenvalue weighted by atomic mass is 10.1. The van der Waals surface area contributed by atoms with Crippen molar-refractivity contribution in [1.82, 2.24) is 15.2 Å². The Kier molecular flexibility index (Phi) is 5.05. The first-order chi connectivity index (χ1) is 10.1. The van der Waals surface area contributed by atoms with Crippen LogP contribution >= 0.6 is 0 Å². The smallest absolute Gasteiger partial charge is 0.225 e. The molecule has 0 radical (unpaired) electrons. The molecule has 0 bridgehead atoms. The monoisotopic (exact) mass is 287 g/mol. The Labute approximate surface area is 124 Å². The van der Waals surface area contributed by atoms with Gasteiger partial charge < -0.3 is 11.1 Å². The molecular formula is C15H21N5O. The third-order valence-electron chi connectivity index (χ3n) is 3.11. The molecular weight excluding hydrogens is 266 g/mol. The number of rotatable bonds is 6. The third-order valence-corrected chi connectivity index (χ3v) is 3.11. The zero-order valence-electron chi connectivity index (χ0n) is 12.4. The Balaban J connectivity index is 2.03. The van der Waals surface area contributed by atoms with Crippen LogP contribution in [0.25, 0.3) is 11.4 Å². The van der Waals surface area contributed by atoms with Crippen LogP contribution < -0.4 is 11.1 Å². The fourth-order valence-electron chi connectivity index (χ4n) is 2.13. The van der Waals surface area contributed by atoms with Crippen LogP contribution in [-0.4, -0.2) is 27.1 Å². The molecule has 1 aromatic carbocycles. The van der Waals surface area contributed by atoms with Crippen molar-refractivity contribution >= 4 is 11.6 Å². The predicted molar refractivity (Wildman–Crippen MR) is 82.7 cm³/mol. The number of aromatic nitrogens is 3. The van der Waals surface area contributed by atoms with Gasteiger partial charge in [0.05, 0.1) is 0 Å². The van der Waals surface area contributed by atoms with Crippen molar-refractivity contribution in [3.8, 4) is 11.4 Å². The highest BCUT2D eigenvalue weighted by Gasteiger charge is 2.10. The van der Waals surface area contributed by atoms with E-state index >= 15 is 0 Å². The molecule has 4 N–H and O–H groups in total. The molecule has 0 aliphatic rings. The van der Waals surface area contributed by atoms with E-state index in [1.54, 1.807) is 0 Å². The first-order valence-electron chi connectivity index (χ1n) is 7.13. The minimum atomic E-state index is -0.0890. The molecule has 112 valence electrons. The number of hydrogen-bond donors (Lipinski definition) is 3. The summed E-state index contributed by atoms with van der Waals surface area (Å²) in [6, 6.07) is 7.37. The number of nitrogens with two attached hydrogens (primary N) is 1. The zero-order valence-corrected chi connectivity index (χ0v) is 12.4. The second kappa shape index (κ2) is 6.99. The van der Waals surface area contributed by atoms with Gasteiger partial charge in [0.2, 0.25) is 5.91 Å². The van der Waals surface area contributed by atoms with E-state index < -0.39 is 0 Å².